The molecule has 1 aliphatic carbocycles. The number of carbonyl (C=O) groups is 3. The number of rotatable bonds is 10. The molecule has 0 spiro atoms. The van der Waals surface area contributed by atoms with Crippen LogP contribution in [-0.2, 0) is 16.1 Å². The Morgan fingerprint density at radius 3 is 2.29 bits per heavy atom. The number of ether oxygens (including phenoxy) is 1. The molecule has 0 unspecified atom stereocenters. The molecule has 9 heteroatoms. The van der Waals surface area contributed by atoms with Gasteiger partial charge >= 0.3 is 12.1 Å². The number of benzene rings is 2. The number of unbranched alkanes of at least 4 members (excludes halogenated alkanes) is 1. The van der Waals surface area contributed by atoms with Crippen LogP contribution in [0.25, 0.3) is 11.1 Å². The number of nitrogens with zero attached hydrogens (tertiary/aromatic N) is 1. The zero-order valence-corrected chi connectivity index (χ0v) is 20.2. The lowest BCUT2D eigenvalue weighted by Crippen LogP contribution is -2.27. The average Bonchev–Trinajstić information content (AvgIpc) is 3.39. The van der Waals surface area contributed by atoms with E-state index in [-0.39, 0.29) is 30.7 Å². The minimum Gasteiger partial charge on any atom is -0.476 e. The fraction of sp³-hybridized carbons (Fsp3) is 0.308. The topological polar surface area (TPSA) is 118 Å². The molecule has 1 aliphatic rings. The Morgan fingerprint density at radius 2 is 1.66 bits per heavy atom. The van der Waals surface area contributed by atoms with Gasteiger partial charge in [0.2, 0.25) is 5.91 Å². The molecule has 0 saturated carbocycles. The quantitative estimate of drug-likeness (QED) is 0.359. The lowest BCUT2D eigenvalue weighted by molar-refractivity contribution is -0.121. The predicted octanol–water partition coefficient (Wildman–Crippen LogP) is 4.47. The number of aryl methyl sites for hydroxylation is 1. The average molecular weight is 494 g/mol. The maximum Gasteiger partial charge on any atom is 0.407 e. The molecule has 0 fully saturated rings. The number of aromatic nitrogens is 1. The molecule has 0 radical (unpaired) electrons. The number of hydrogen-bond acceptors (Lipinski definition) is 6. The molecule has 4 rings (SSSR count). The maximum atomic E-state index is 12.2. The number of fused-ring (bicyclic) bond motifs is 3. The van der Waals surface area contributed by atoms with Gasteiger partial charge in [0.05, 0.1) is 6.54 Å². The largest absolute Gasteiger partial charge is 0.476 e. The Balaban J connectivity index is 1.14. The summed E-state index contributed by atoms with van der Waals surface area (Å²) in [5.41, 5.74) is 4.73. The zero-order valence-electron chi connectivity index (χ0n) is 19.4. The highest BCUT2D eigenvalue weighted by atomic mass is 32.1. The van der Waals surface area contributed by atoms with Crippen molar-refractivity contribution in [1.82, 2.24) is 15.6 Å². The van der Waals surface area contributed by atoms with Crippen molar-refractivity contribution in [2.24, 2.45) is 0 Å². The molecule has 3 N–H and O–H groups in total. The van der Waals surface area contributed by atoms with Crippen LogP contribution in [0, 0.1) is 6.92 Å². The van der Waals surface area contributed by atoms with Crippen LogP contribution in [0.15, 0.2) is 48.5 Å². The van der Waals surface area contributed by atoms with E-state index in [9.17, 15) is 14.4 Å². The number of hydrogen-bond donors (Lipinski definition) is 3. The van der Waals surface area contributed by atoms with Crippen molar-refractivity contribution < 1.29 is 24.2 Å². The molecule has 8 nitrogen and oxygen atoms in total. The summed E-state index contributed by atoms with van der Waals surface area (Å²) in [5, 5.41) is 15.1. The van der Waals surface area contributed by atoms with Gasteiger partial charge in [0.15, 0.2) is 5.69 Å². The van der Waals surface area contributed by atoms with E-state index in [1.807, 2.05) is 24.3 Å². The van der Waals surface area contributed by atoms with Crippen LogP contribution in [0.5, 0.6) is 0 Å². The first kappa shape index (κ1) is 24.4. The van der Waals surface area contributed by atoms with Crippen molar-refractivity contribution in [3.05, 3.63) is 75.2 Å². The van der Waals surface area contributed by atoms with Crippen LogP contribution < -0.4 is 10.6 Å². The third-order valence-corrected chi connectivity index (χ3v) is 6.89. The molecule has 2 aromatic carbocycles. The van der Waals surface area contributed by atoms with Crippen molar-refractivity contribution in [3.8, 4) is 11.1 Å². The number of carboxylic acids is 1. The molecule has 35 heavy (non-hydrogen) atoms. The first-order chi connectivity index (χ1) is 16.9. The Bertz CT molecular complexity index is 1190. The Hall–Kier alpha value is -3.72. The minimum atomic E-state index is -1.07. The molecule has 3 aromatic rings. The second-order valence-corrected chi connectivity index (χ2v) is 9.59. The molecule has 0 atom stereocenters. The van der Waals surface area contributed by atoms with E-state index in [0.717, 1.165) is 0 Å². The maximum absolute atomic E-state index is 12.2. The monoisotopic (exact) mass is 493 g/mol. The van der Waals surface area contributed by atoms with Crippen molar-refractivity contribution >= 4 is 29.3 Å². The van der Waals surface area contributed by atoms with Crippen LogP contribution in [0.2, 0.25) is 0 Å². The Labute approximate surface area is 207 Å². The summed E-state index contributed by atoms with van der Waals surface area (Å²) < 4.78 is 5.51. The van der Waals surface area contributed by atoms with Crippen molar-refractivity contribution in [3.63, 3.8) is 0 Å². The first-order valence-electron chi connectivity index (χ1n) is 11.5. The first-order valence-corrected chi connectivity index (χ1v) is 12.3. The standard InChI is InChI=1S/C26H27N3O5S/c1-16-24(25(31)32)29-23(35-16)14-28-22(30)12-6-7-13-27-26(33)34-15-21-19-10-4-2-8-17(19)18-9-3-5-11-20(18)21/h2-5,8-11,21H,6-7,12-15H2,1H3,(H,27,33)(H,28,30)(H,31,32). The van der Waals surface area contributed by atoms with Crippen LogP contribution in [0.4, 0.5) is 4.79 Å². The number of alkyl carbamates (subject to hydrolysis) is 1. The third kappa shape index (κ3) is 5.86. The smallest absolute Gasteiger partial charge is 0.407 e. The molecule has 1 aromatic heterocycles. The van der Waals surface area contributed by atoms with Gasteiger partial charge < -0.3 is 20.5 Å². The van der Waals surface area contributed by atoms with E-state index in [0.29, 0.717) is 35.7 Å². The third-order valence-electron chi connectivity index (χ3n) is 5.92. The van der Waals surface area contributed by atoms with E-state index >= 15 is 0 Å². The fourth-order valence-corrected chi connectivity index (χ4v) is 5.10. The van der Waals surface area contributed by atoms with Gasteiger partial charge in [-0.15, -0.1) is 11.3 Å². The molecule has 0 saturated heterocycles. The summed E-state index contributed by atoms with van der Waals surface area (Å²) in [4.78, 5) is 39.9. The predicted molar refractivity (Wildman–Crippen MR) is 133 cm³/mol. The highest BCUT2D eigenvalue weighted by molar-refractivity contribution is 7.11. The minimum absolute atomic E-state index is 0.0186. The summed E-state index contributed by atoms with van der Waals surface area (Å²) in [7, 11) is 0. The van der Waals surface area contributed by atoms with Gasteiger partial charge in [0.25, 0.3) is 0 Å². The summed E-state index contributed by atoms with van der Waals surface area (Å²) in [5.74, 6) is -1.19. The van der Waals surface area contributed by atoms with Crippen molar-refractivity contribution in [2.45, 2.75) is 38.6 Å². The molecule has 2 amide bonds. The lowest BCUT2D eigenvalue weighted by atomic mass is 9.98. The van der Waals surface area contributed by atoms with Crippen molar-refractivity contribution in [1.29, 1.82) is 0 Å². The van der Waals surface area contributed by atoms with Gasteiger partial charge in [-0.1, -0.05) is 48.5 Å². The van der Waals surface area contributed by atoms with E-state index in [1.54, 1.807) is 6.92 Å². The normalized spacial score (nSPS) is 12.0. The van der Waals surface area contributed by atoms with Gasteiger partial charge in [-0.2, -0.15) is 0 Å². The molecule has 182 valence electrons. The number of aromatic carboxylic acids is 1. The van der Waals surface area contributed by atoms with E-state index in [2.05, 4.69) is 39.9 Å². The highest BCUT2D eigenvalue weighted by Crippen LogP contribution is 2.44. The number of amides is 2. The van der Waals surface area contributed by atoms with E-state index in [1.165, 1.54) is 33.6 Å². The van der Waals surface area contributed by atoms with Gasteiger partial charge in [0, 0.05) is 23.8 Å². The van der Waals surface area contributed by atoms with Gasteiger partial charge in [-0.25, -0.2) is 14.6 Å². The van der Waals surface area contributed by atoms with Crippen LogP contribution in [-0.4, -0.2) is 41.2 Å². The molecular formula is C26H27N3O5S. The molecule has 1 heterocycles. The van der Waals surface area contributed by atoms with Gasteiger partial charge in [-0.05, 0) is 42.0 Å². The number of carbonyl (C=O) groups excluding carboxylic acids is 2. The summed E-state index contributed by atoms with van der Waals surface area (Å²) in [6.45, 7) is 2.57. The lowest BCUT2D eigenvalue weighted by Gasteiger charge is -2.14. The zero-order chi connectivity index (χ0) is 24.8. The summed E-state index contributed by atoms with van der Waals surface area (Å²) in [6, 6.07) is 16.4. The Kier molecular flexibility index (Phi) is 7.77. The van der Waals surface area contributed by atoms with Crippen molar-refractivity contribution in [2.75, 3.05) is 13.2 Å². The fourth-order valence-electron chi connectivity index (χ4n) is 4.24. The summed E-state index contributed by atoms with van der Waals surface area (Å²) in [6.07, 6.45) is 1.08. The highest BCUT2D eigenvalue weighted by Gasteiger charge is 2.28. The van der Waals surface area contributed by atoms with Crippen LogP contribution in [0.3, 0.4) is 0 Å². The van der Waals surface area contributed by atoms with E-state index in [4.69, 9.17) is 9.84 Å². The molecule has 0 bridgehead atoms. The number of carboxylic acid groups (broad SMARTS) is 1. The second-order valence-electron chi connectivity index (χ2n) is 8.30. The number of thiazole rings is 1. The molecular weight excluding hydrogens is 466 g/mol. The SMILES string of the molecule is Cc1sc(CNC(=O)CCCCNC(=O)OCC2c3ccccc3-c3ccccc32)nc1C(=O)O. The summed E-state index contributed by atoms with van der Waals surface area (Å²) >= 11 is 1.26. The van der Waals surface area contributed by atoms with Crippen LogP contribution in [0.1, 0.15) is 56.7 Å². The van der Waals surface area contributed by atoms with Crippen LogP contribution >= 0.6 is 11.3 Å². The molecule has 0 aliphatic heterocycles. The second kappa shape index (κ2) is 11.1. The number of nitrogens with one attached hydrogen (secondary N) is 2. The Morgan fingerprint density at radius 1 is 1.00 bits per heavy atom. The van der Waals surface area contributed by atoms with Gasteiger partial charge in [0.1, 0.15) is 11.6 Å². The van der Waals surface area contributed by atoms with Gasteiger partial charge in [-0.3, -0.25) is 4.79 Å². The van der Waals surface area contributed by atoms with E-state index < -0.39 is 12.1 Å².